The molecule has 1 aliphatic carbocycles. The Labute approximate surface area is 173 Å². The zero-order valence-corrected chi connectivity index (χ0v) is 16.3. The van der Waals surface area contributed by atoms with Crippen molar-refractivity contribution >= 4 is 21.7 Å². The Hall–Kier alpha value is -3.79. The first-order valence-corrected chi connectivity index (χ1v) is 10.2. The monoisotopic (exact) mass is 389 g/mol. The molecule has 1 fully saturated rings. The number of hydrogen-bond acceptors (Lipinski definition) is 3. The molecule has 1 aliphatic rings. The quantitative estimate of drug-likeness (QED) is 0.418. The van der Waals surface area contributed by atoms with E-state index in [1.807, 2.05) is 53.2 Å². The summed E-state index contributed by atoms with van der Waals surface area (Å²) in [6, 6.07) is 24.5. The summed E-state index contributed by atoms with van der Waals surface area (Å²) in [6.07, 6.45) is 6.45. The second kappa shape index (κ2) is 6.63. The van der Waals surface area contributed by atoms with Crippen molar-refractivity contribution in [2.75, 3.05) is 0 Å². The molecule has 0 aliphatic heterocycles. The molecule has 30 heavy (non-hydrogen) atoms. The molecular formula is C26H19N3O. The lowest BCUT2D eigenvalue weighted by molar-refractivity contribution is 0.688. The molecule has 4 heteroatoms. The van der Waals surface area contributed by atoms with Crippen molar-refractivity contribution in [3.05, 3.63) is 107 Å². The molecule has 0 spiro atoms. The van der Waals surface area contributed by atoms with Crippen LogP contribution in [0.15, 0.2) is 96.2 Å². The van der Waals surface area contributed by atoms with Gasteiger partial charge < -0.3 is 4.57 Å². The third kappa shape index (κ3) is 2.72. The largest absolute Gasteiger partial charge is 0.311 e. The van der Waals surface area contributed by atoms with Crippen LogP contribution in [0.3, 0.4) is 0 Å². The number of rotatable bonds is 3. The summed E-state index contributed by atoms with van der Waals surface area (Å²) in [4.78, 5) is 22.2. The van der Waals surface area contributed by atoms with E-state index in [-0.39, 0.29) is 17.5 Å². The number of nitrogens with zero attached hydrogens (tertiary/aromatic N) is 3. The van der Waals surface area contributed by atoms with Crippen molar-refractivity contribution in [1.29, 1.82) is 0 Å². The van der Waals surface area contributed by atoms with E-state index in [9.17, 15) is 4.79 Å². The highest BCUT2D eigenvalue weighted by atomic mass is 16.1. The minimum Gasteiger partial charge on any atom is -0.311 e. The topological polar surface area (TPSA) is 47.8 Å². The standard InChI is InChI=1S/C26H19N3O/c30-26-21-6-3-5-19(17-10-13-27-14-11-17)20(21)12-15-29(26)25-16-22(25)24-9-8-18-4-1-2-7-23(18)28-24/h1-15,22,25H,16H2/t22-,25+/m0/s1. The minimum atomic E-state index is 0.0664. The van der Waals surface area contributed by atoms with Gasteiger partial charge in [-0.05, 0) is 59.3 Å². The van der Waals surface area contributed by atoms with E-state index in [0.29, 0.717) is 0 Å². The number of benzene rings is 2. The van der Waals surface area contributed by atoms with E-state index in [4.69, 9.17) is 4.98 Å². The fraction of sp³-hybridized carbons (Fsp3) is 0.115. The van der Waals surface area contributed by atoms with Crippen LogP contribution >= 0.6 is 0 Å². The maximum Gasteiger partial charge on any atom is 0.258 e. The third-order valence-corrected chi connectivity index (χ3v) is 6.08. The second-order valence-corrected chi connectivity index (χ2v) is 7.87. The molecule has 1 saturated carbocycles. The second-order valence-electron chi connectivity index (χ2n) is 7.87. The molecule has 5 aromatic rings. The van der Waals surface area contributed by atoms with E-state index in [0.717, 1.165) is 44.9 Å². The molecule has 0 unspecified atom stereocenters. The number of hydrogen-bond donors (Lipinski definition) is 0. The SMILES string of the molecule is O=c1c2cccc(-c3ccncc3)c2ccn1[C@@H]1C[C@H]1c1ccc2ccccc2n1. The highest BCUT2D eigenvalue weighted by Crippen LogP contribution is 2.50. The van der Waals surface area contributed by atoms with Gasteiger partial charge in [-0.2, -0.15) is 0 Å². The average molecular weight is 389 g/mol. The van der Waals surface area contributed by atoms with E-state index >= 15 is 0 Å². The predicted molar refractivity (Wildman–Crippen MR) is 120 cm³/mol. The lowest BCUT2D eigenvalue weighted by Crippen LogP contribution is -2.19. The van der Waals surface area contributed by atoms with Crippen molar-refractivity contribution in [3.8, 4) is 11.1 Å². The Bertz CT molecular complexity index is 1460. The summed E-state index contributed by atoms with van der Waals surface area (Å²) >= 11 is 0. The maximum atomic E-state index is 13.3. The first kappa shape index (κ1) is 17.1. The van der Waals surface area contributed by atoms with Gasteiger partial charge in [-0.15, -0.1) is 0 Å². The lowest BCUT2D eigenvalue weighted by Gasteiger charge is -2.10. The van der Waals surface area contributed by atoms with Gasteiger partial charge in [-0.1, -0.05) is 36.4 Å². The highest BCUT2D eigenvalue weighted by Gasteiger charge is 2.41. The Morgan fingerprint density at radius 3 is 2.60 bits per heavy atom. The van der Waals surface area contributed by atoms with Gasteiger partial charge >= 0.3 is 0 Å². The van der Waals surface area contributed by atoms with Crippen LogP contribution in [0.5, 0.6) is 0 Å². The van der Waals surface area contributed by atoms with E-state index in [2.05, 4.69) is 35.3 Å². The van der Waals surface area contributed by atoms with Gasteiger partial charge in [0.1, 0.15) is 0 Å². The molecule has 2 aromatic carbocycles. The Morgan fingerprint density at radius 2 is 1.70 bits per heavy atom. The first-order chi connectivity index (χ1) is 14.8. The molecular weight excluding hydrogens is 370 g/mol. The number of pyridine rings is 3. The fourth-order valence-electron chi connectivity index (χ4n) is 4.43. The summed E-state index contributed by atoms with van der Waals surface area (Å²) in [5, 5.41) is 2.87. The van der Waals surface area contributed by atoms with Gasteiger partial charge in [-0.3, -0.25) is 14.8 Å². The highest BCUT2D eigenvalue weighted by molar-refractivity contribution is 5.96. The van der Waals surface area contributed by atoms with E-state index < -0.39 is 0 Å². The van der Waals surface area contributed by atoms with E-state index in [1.54, 1.807) is 12.4 Å². The van der Waals surface area contributed by atoms with Crippen molar-refractivity contribution in [3.63, 3.8) is 0 Å². The lowest BCUT2D eigenvalue weighted by atomic mass is 10.0. The molecule has 2 atom stereocenters. The Balaban J connectivity index is 1.39. The van der Waals surface area contributed by atoms with E-state index in [1.165, 1.54) is 0 Å². The van der Waals surface area contributed by atoms with Crippen LogP contribution in [0.1, 0.15) is 24.1 Å². The summed E-state index contributed by atoms with van der Waals surface area (Å²) in [7, 11) is 0. The molecule has 3 aromatic heterocycles. The summed E-state index contributed by atoms with van der Waals surface area (Å²) in [5.74, 6) is 0.285. The van der Waals surface area contributed by atoms with Crippen LogP contribution in [0.2, 0.25) is 0 Å². The maximum absolute atomic E-state index is 13.3. The first-order valence-electron chi connectivity index (χ1n) is 10.2. The van der Waals surface area contributed by atoms with Gasteiger partial charge in [-0.25, -0.2) is 0 Å². The molecule has 6 rings (SSSR count). The van der Waals surface area contributed by atoms with Crippen molar-refractivity contribution in [1.82, 2.24) is 14.5 Å². The van der Waals surface area contributed by atoms with Gasteiger partial charge in [0.2, 0.25) is 0 Å². The third-order valence-electron chi connectivity index (χ3n) is 6.08. The zero-order valence-electron chi connectivity index (χ0n) is 16.3. The minimum absolute atomic E-state index is 0.0664. The Morgan fingerprint density at radius 1 is 0.833 bits per heavy atom. The normalized spacial score (nSPS) is 18.0. The van der Waals surface area contributed by atoms with Crippen LogP contribution in [0, 0.1) is 0 Å². The molecule has 4 nitrogen and oxygen atoms in total. The van der Waals surface area contributed by atoms with Gasteiger partial charge in [0, 0.05) is 47.0 Å². The predicted octanol–water partition coefficient (Wildman–Crippen LogP) is 5.34. The van der Waals surface area contributed by atoms with Crippen molar-refractivity contribution in [2.24, 2.45) is 0 Å². The van der Waals surface area contributed by atoms with Crippen LogP contribution in [-0.2, 0) is 0 Å². The average Bonchev–Trinajstić information content (AvgIpc) is 3.60. The molecule has 0 N–H and O–H groups in total. The van der Waals surface area contributed by atoms with Crippen molar-refractivity contribution in [2.45, 2.75) is 18.4 Å². The van der Waals surface area contributed by atoms with Crippen LogP contribution in [0.25, 0.3) is 32.8 Å². The molecule has 3 heterocycles. The van der Waals surface area contributed by atoms with Crippen LogP contribution in [-0.4, -0.2) is 14.5 Å². The summed E-state index contributed by atoms with van der Waals surface area (Å²) in [6.45, 7) is 0. The number of para-hydroxylation sites is 1. The molecule has 0 amide bonds. The van der Waals surface area contributed by atoms with Gasteiger partial charge in [0.05, 0.1) is 5.52 Å². The summed E-state index contributed by atoms with van der Waals surface area (Å²) in [5.41, 5.74) is 4.27. The molecule has 0 saturated heterocycles. The van der Waals surface area contributed by atoms with Gasteiger partial charge in [0.15, 0.2) is 0 Å². The summed E-state index contributed by atoms with van der Waals surface area (Å²) < 4.78 is 1.89. The zero-order chi connectivity index (χ0) is 20.1. The number of aromatic nitrogens is 3. The Kier molecular flexibility index (Phi) is 3.78. The number of fused-ring (bicyclic) bond motifs is 2. The smallest absolute Gasteiger partial charge is 0.258 e. The fourth-order valence-corrected chi connectivity index (χ4v) is 4.43. The van der Waals surface area contributed by atoms with Crippen LogP contribution in [0.4, 0.5) is 0 Å². The molecule has 0 bridgehead atoms. The van der Waals surface area contributed by atoms with Gasteiger partial charge in [0.25, 0.3) is 5.56 Å². The molecule has 144 valence electrons. The molecule has 0 radical (unpaired) electrons. The van der Waals surface area contributed by atoms with Crippen LogP contribution < -0.4 is 5.56 Å². The van der Waals surface area contributed by atoms with Crippen molar-refractivity contribution < 1.29 is 0 Å².